The number of aliphatic hydroxyl groups is 1. The van der Waals surface area contributed by atoms with E-state index in [2.05, 4.69) is 0 Å². The zero-order chi connectivity index (χ0) is 15.5. The van der Waals surface area contributed by atoms with Crippen molar-refractivity contribution in [1.82, 2.24) is 0 Å². The highest BCUT2D eigenvalue weighted by molar-refractivity contribution is 5.34. The minimum atomic E-state index is -4.47. The fraction of sp³-hybridized carbons (Fsp3) is 0.250. The second kappa shape index (κ2) is 6.18. The monoisotopic (exact) mass is 296 g/mol. The highest BCUT2D eigenvalue weighted by Crippen LogP contribution is 2.35. The van der Waals surface area contributed by atoms with Crippen molar-refractivity contribution in [3.63, 3.8) is 0 Å². The topological polar surface area (TPSA) is 29.5 Å². The average Bonchev–Trinajstić information content (AvgIpc) is 2.47. The molecule has 0 amide bonds. The molecule has 112 valence electrons. The van der Waals surface area contributed by atoms with E-state index < -0.39 is 17.8 Å². The third-order valence-corrected chi connectivity index (χ3v) is 3.21. The molecule has 2 nitrogen and oxygen atoms in total. The van der Waals surface area contributed by atoms with E-state index in [4.69, 9.17) is 4.74 Å². The van der Waals surface area contributed by atoms with Crippen LogP contribution in [0, 0.1) is 0 Å². The van der Waals surface area contributed by atoms with E-state index in [1.807, 2.05) is 0 Å². The van der Waals surface area contributed by atoms with Gasteiger partial charge in [0.05, 0.1) is 18.8 Å². The third-order valence-electron chi connectivity index (χ3n) is 3.21. The minimum Gasteiger partial charge on any atom is -0.497 e. The van der Waals surface area contributed by atoms with Gasteiger partial charge >= 0.3 is 6.18 Å². The number of hydrogen-bond donors (Lipinski definition) is 1. The Morgan fingerprint density at radius 3 is 2.24 bits per heavy atom. The number of rotatable bonds is 4. The van der Waals surface area contributed by atoms with Crippen molar-refractivity contribution >= 4 is 0 Å². The third kappa shape index (κ3) is 3.76. The Morgan fingerprint density at radius 2 is 1.67 bits per heavy atom. The molecule has 0 aliphatic heterocycles. The van der Waals surface area contributed by atoms with Crippen LogP contribution in [0.15, 0.2) is 48.5 Å². The van der Waals surface area contributed by atoms with Gasteiger partial charge in [-0.1, -0.05) is 30.3 Å². The molecule has 2 aromatic rings. The summed E-state index contributed by atoms with van der Waals surface area (Å²) in [6.45, 7) is 0. The average molecular weight is 296 g/mol. The molecule has 1 N–H and O–H groups in total. The quantitative estimate of drug-likeness (QED) is 0.924. The molecule has 1 unspecified atom stereocenters. The second-order valence-electron chi connectivity index (χ2n) is 4.65. The zero-order valence-corrected chi connectivity index (χ0v) is 11.4. The van der Waals surface area contributed by atoms with Crippen molar-refractivity contribution < 1.29 is 23.0 Å². The summed E-state index contributed by atoms with van der Waals surface area (Å²) in [6.07, 6.45) is -5.58. The molecular weight excluding hydrogens is 281 g/mol. The largest absolute Gasteiger partial charge is 0.497 e. The highest BCUT2D eigenvalue weighted by Gasteiger charge is 2.34. The summed E-state index contributed by atoms with van der Waals surface area (Å²) in [6, 6.07) is 11.9. The van der Waals surface area contributed by atoms with Gasteiger partial charge in [0.1, 0.15) is 5.75 Å². The van der Waals surface area contributed by atoms with Gasteiger partial charge in [-0.3, -0.25) is 0 Å². The summed E-state index contributed by atoms with van der Waals surface area (Å²) in [5.41, 5.74) is -0.174. The molecule has 0 fully saturated rings. The lowest BCUT2D eigenvalue weighted by molar-refractivity contribution is -0.139. The van der Waals surface area contributed by atoms with E-state index in [0.29, 0.717) is 5.75 Å². The summed E-state index contributed by atoms with van der Waals surface area (Å²) < 4.78 is 43.8. The Bertz CT molecular complexity index is 591. The first-order valence-corrected chi connectivity index (χ1v) is 6.39. The number of alkyl halides is 3. The fourth-order valence-corrected chi connectivity index (χ4v) is 2.14. The molecule has 0 heterocycles. The van der Waals surface area contributed by atoms with Crippen LogP contribution < -0.4 is 4.74 Å². The van der Waals surface area contributed by atoms with Crippen molar-refractivity contribution in [2.75, 3.05) is 7.11 Å². The van der Waals surface area contributed by atoms with Gasteiger partial charge in [-0.2, -0.15) is 13.2 Å². The Labute approximate surface area is 120 Å². The molecule has 21 heavy (non-hydrogen) atoms. The van der Waals surface area contributed by atoms with Crippen LogP contribution in [0.2, 0.25) is 0 Å². The van der Waals surface area contributed by atoms with Gasteiger partial charge in [0.2, 0.25) is 0 Å². The van der Waals surface area contributed by atoms with Crippen LogP contribution in [0.25, 0.3) is 0 Å². The number of halogens is 3. The van der Waals surface area contributed by atoms with Crippen molar-refractivity contribution in [3.05, 3.63) is 65.2 Å². The summed E-state index contributed by atoms with van der Waals surface area (Å²) in [7, 11) is 1.53. The van der Waals surface area contributed by atoms with Gasteiger partial charge in [0, 0.05) is 6.42 Å². The van der Waals surface area contributed by atoms with Gasteiger partial charge in [-0.05, 0) is 29.3 Å². The number of methoxy groups -OCH3 is 1. The van der Waals surface area contributed by atoms with E-state index in [9.17, 15) is 18.3 Å². The number of ether oxygens (including phenoxy) is 1. The van der Waals surface area contributed by atoms with Crippen molar-refractivity contribution in [2.45, 2.75) is 18.7 Å². The first-order chi connectivity index (χ1) is 9.91. The van der Waals surface area contributed by atoms with Crippen LogP contribution in [0.4, 0.5) is 13.2 Å². The molecule has 1 atom stereocenters. The van der Waals surface area contributed by atoms with E-state index in [1.165, 1.54) is 25.3 Å². The minimum absolute atomic E-state index is 0.108. The molecule has 2 rings (SSSR count). The normalized spacial score (nSPS) is 13.0. The van der Waals surface area contributed by atoms with Crippen molar-refractivity contribution in [1.29, 1.82) is 0 Å². The van der Waals surface area contributed by atoms with E-state index in [-0.39, 0.29) is 12.0 Å². The van der Waals surface area contributed by atoms with Gasteiger partial charge in [-0.15, -0.1) is 0 Å². The lowest BCUT2D eigenvalue weighted by Gasteiger charge is -2.17. The molecule has 0 saturated heterocycles. The summed E-state index contributed by atoms with van der Waals surface area (Å²) in [5.74, 6) is 0.656. The van der Waals surface area contributed by atoms with E-state index in [0.717, 1.165) is 11.6 Å². The molecule has 0 aliphatic carbocycles. The summed E-state index contributed by atoms with van der Waals surface area (Å²) >= 11 is 0. The summed E-state index contributed by atoms with van der Waals surface area (Å²) in [5, 5.41) is 10.1. The van der Waals surface area contributed by atoms with Crippen LogP contribution >= 0.6 is 0 Å². The molecule has 2 aromatic carbocycles. The van der Waals surface area contributed by atoms with Crippen LogP contribution in [-0.4, -0.2) is 12.2 Å². The van der Waals surface area contributed by atoms with Crippen molar-refractivity contribution in [3.8, 4) is 5.75 Å². The fourth-order valence-electron chi connectivity index (χ4n) is 2.14. The number of hydrogen-bond acceptors (Lipinski definition) is 2. The lowest BCUT2D eigenvalue weighted by atomic mass is 9.97. The predicted molar refractivity (Wildman–Crippen MR) is 73.1 cm³/mol. The molecule has 0 radical (unpaired) electrons. The molecule has 0 saturated carbocycles. The summed E-state index contributed by atoms with van der Waals surface area (Å²) in [4.78, 5) is 0. The molecule has 0 spiro atoms. The first kappa shape index (κ1) is 15.4. The lowest BCUT2D eigenvalue weighted by Crippen LogP contribution is -2.13. The van der Waals surface area contributed by atoms with Crippen LogP contribution in [0.3, 0.4) is 0 Å². The Hall–Kier alpha value is -2.01. The van der Waals surface area contributed by atoms with Gasteiger partial charge < -0.3 is 9.84 Å². The van der Waals surface area contributed by atoms with Crippen LogP contribution in [0.5, 0.6) is 5.75 Å². The molecule has 5 heteroatoms. The van der Waals surface area contributed by atoms with E-state index >= 15 is 0 Å². The Balaban J connectivity index is 2.22. The van der Waals surface area contributed by atoms with E-state index in [1.54, 1.807) is 24.3 Å². The van der Waals surface area contributed by atoms with Gasteiger partial charge in [0.25, 0.3) is 0 Å². The maximum absolute atomic E-state index is 12.9. The first-order valence-electron chi connectivity index (χ1n) is 6.39. The Morgan fingerprint density at radius 1 is 1.05 bits per heavy atom. The van der Waals surface area contributed by atoms with Gasteiger partial charge in [0.15, 0.2) is 0 Å². The van der Waals surface area contributed by atoms with Crippen LogP contribution in [0.1, 0.15) is 22.8 Å². The molecule has 0 aliphatic rings. The van der Waals surface area contributed by atoms with Crippen LogP contribution in [-0.2, 0) is 12.6 Å². The number of benzene rings is 2. The SMILES string of the molecule is COc1ccc(CC(O)c2ccccc2C(F)(F)F)cc1. The highest BCUT2D eigenvalue weighted by atomic mass is 19.4. The maximum atomic E-state index is 12.9. The Kier molecular flexibility index (Phi) is 4.53. The maximum Gasteiger partial charge on any atom is 0.416 e. The molecular formula is C16H15F3O2. The zero-order valence-electron chi connectivity index (χ0n) is 11.4. The van der Waals surface area contributed by atoms with Gasteiger partial charge in [-0.25, -0.2) is 0 Å². The predicted octanol–water partition coefficient (Wildman–Crippen LogP) is 3.99. The standard InChI is InChI=1S/C16H15F3O2/c1-21-12-8-6-11(7-9-12)10-15(20)13-4-2-3-5-14(13)16(17,18)19/h2-9,15,20H,10H2,1H3. The molecule has 0 bridgehead atoms. The second-order valence-corrected chi connectivity index (χ2v) is 4.65. The molecule has 0 aromatic heterocycles. The van der Waals surface area contributed by atoms with Crippen molar-refractivity contribution in [2.24, 2.45) is 0 Å². The number of aliphatic hydroxyl groups excluding tert-OH is 1. The smallest absolute Gasteiger partial charge is 0.416 e.